The fraction of sp³-hybridized carbons (Fsp3) is 0.345. The molecule has 0 spiro atoms. The molecule has 33 heavy (non-hydrogen) atoms. The molecule has 1 N–H and O–H groups in total. The Hall–Kier alpha value is -3.11. The summed E-state index contributed by atoms with van der Waals surface area (Å²) in [5.41, 5.74) is 2.64. The maximum absolute atomic E-state index is 13.8. The molecule has 0 aliphatic carbocycles. The van der Waals surface area contributed by atoms with Crippen molar-refractivity contribution in [3.63, 3.8) is 0 Å². The van der Waals surface area contributed by atoms with Crippen molar-refractivity contribution in [1.29, 1.82) is 0 Å². The van der Waals surface area contributed by atoms with E-state index in [1.807, 2.05) is 50.5 Å². The number of likely N-dealkylation sites (tertiary alicyclic amines) is 1. The van der Waals surface area contributed by atoms with Crippen LogP contribution >= 0.6 is 0 Å². The molecule has 1 aliphatic rings. The van der Waals surface area contributed by atoms with Crippen LogP contribution in [0.2, 0.25) is 0 Å². The molecule has 4 heteroatoms. The second kappa shape index (κ2) is 10.7. The van der Waals surface area contributed by atoms with Crippen molar-refractivity contribution in [2.75, 3.05) is 39.0 Å². The minimum absolute atomic E-state index is 0.139. The number of carbonyl (C=O) groups excluding carboxylic acids is 1. The average molecular weight is 442 g/mol. The van der Waals surface area contributed by atoms with Crippen LogP contribution < -0.4 is 5.32 Å². The van der Waals surface area contributed by atoms with Crippen LogP contribution in [0.5, 0.6) is 0 Å². The third-order valence-corrected chi connectivity index (χ3v) is 6.84. The number of amides is 1. The van der Waals surface area contributed by atoms with Gasteiger partial charge in [0, 0.05) is 38.9 Å². The number of benzene rings is 3. The number of anilines is 1. The molecule has 0 atom stereocenters. The molecule has 0 saturated carbocycles. The van der Waals surface area contributed by atoms with E-state index in [1.54, 1.807) is 4.90 Å². The molecule has 1 aliphatic heterocycles. The molecule has 0 bridgehead atoms. The SMILES string of the molecule is CN(C)C(=O)C(CCN1CCC(Nc2ccccc2)CC1)(c1ccccc1)c1ccccc1. The highest BCUT2D eigenvalue weighted by Gasteiger charge is 2.43. The molecule has 3 aromatic carbocycles. The first-order valence-corrected chi connectivity index (χ1v) is 12.0. The Balaban J connectivity index is 1.51. The zero-order valence-electron chi connectivity index (χ0n) is 19.8. The monoisotopic (exact) mass is 441 g/mol. The molecule has 1 fully saturated rings. The van der Waals surface area contributed by atoms with Crippen molar-refractivity contribution in [1.82, 2.24) is 9.80 Å². The second-order valence-corrected chi connectivity index (χ2v) is 9.21. The maximum atomic E-state index is 13.8. The number of hydrogen-bond donors (Lipinski definition) is 1. The molecule has 0 aromatic heterocycles. The van der Waals surface area contributed by atoms with Crippen LogP contribution in [-0.4, -0.2) is 55.5 Å². The molecule has 172 valence electrons. The standard InChI is InChI=1S/C29H35N3O/c1-31(2)28(33)29(24-12-6-3-7-13-24,25-14-8-4-9-15-25)20-23-32-21-18-27(19-22-32)30-26-16-10-5-11-17-26/h3-17,27,30H,18-23H2,1-2H3. The summed E-state index contributed by atoms with van der Waals surface area (Å²) in [5.74, 6) is 0.139. The van der Waals surface area contributed by atoms with E-state index in [2.05, 4.69) is 64.8 Å². The smallest absolute Gasteiger partial charge is 0.237 e. The average Bonchev–Trinajstić information content (AvgIpc) is 2.87. The van der Waals surface area contributed by atoms with E-state index in [0.29, 0.717) is 6.04 Å². The number of para-hydroxylation sites is 1. The molecule has 0 radical (unpaired) electrons. The van der Waals surface area contributed by atoms with Gasteiger partial charge in [0.2, 0.25) is 5.91 Å². The Morgan fingerprint density at radius 3 is 1.82 bits per heavy atom. The van der Waals surface area contributed by atoms with Crippen molar-refractivity contribution in [2.45, 2.75) is 30.7 Å². The van der Waals surface area contributed by atoms with E-state index in [1.165, 1.54) is 5.69 Å². The van der Waals surface area contributed by atoms with Crippen molar-refractivity contribution in [3.8, 4) is 0 Å². The van der Waals surface area contributed by atoms with Crippen LogP contribution in [0.15, 0.2) is 91.0 Å². The molecule has 3 aromatic rings. The van der Waals surface area contributed by atoms with Crippen LogP contribution in [0.1, 0.15) is 30.4 Å². The van der Waals surface area contributed by atoms with Gasteiger partial charge in [0.1, 0.15) is 5.41 Å². The minimum Gasteiger partial charge on any atom is -0.382 e. The lowest BCUT2D eigenvalue weighted by molar-refractivity contribution is -0.133. The Labute approximate surface area is 198 Å². The number of carbonyl (C=O) groups is 1. The van der Waals surface area contributed by atoms with Gasteiger partial charge in [-0.1, -0.05) is 78.9 Å². The zero-order chi connectivity index (χ0) is 23.1. The Bertz CT molecular complexity index is 957. The van der Waals surface area contributed by atoms with E-state index in [-0.39, 0.29) is 5.91 Å². The topological polar surface area (TPSA) is 35.6 Å². The quantitative estimate of drug-likeness (QED) is 0.533. The molecule has 1 heterocycles. The van der Waals surface area contributed by atoms with Crippen molar-refractivity contribution in [3.05, 3.63) is 102 Å². The van der Waals surface area contributed by atoms with Gasteiger partial charge < -0.3 is 15.1 Å². The number of nitrogens with one attached hydrogen (secondary N) is 1. The summed E-state index contributed by atoms with van der Waals surface area (Å²) in [6.45, 7) is 2.97. The molecule has 0 unspecified atom stereocenters. The lowest BCUT2D eigenvalue weighted by atomic mass is 9.70. The van der Waals surface area contributed by atoms with Gasteiger partial charge in [-0.25, -0.2) is 0 Å². The predicted molar refractivity (Wildman–Crippen MR) is 137 cm³/mol. The van der Waals surface area contributed by atoms with E-state index in [0.717, 1.165) is 50.0 Å². The predicted octanol–water partition coefficient (Wildman–Crippen LogP) is 5.03. The highest BCUT2D eigenvalue weighted by atomic mass is 16.2. The van der Waals surface area contributed by atoms with Gasteiger partial charge in [-0.3, -0.25) is 4.79 Å². The second-order valence-electron chi connectivity index (χ2n) is 9.21. The molecule has 1 saturated heterocycles. The fourth-order valence-corrected chi connectivity index (χ4v) is 5.03. The summed E-state index contributed by atoms with van der Waals surface area (Å²) in [7, 11) is 3.73. The van der Waals surface area contributed by atoms with E-state index < -0.39 is 5.41 Å². The third-order valence-electron chi connectivity index (χ3n) is 6.84. The van der Waals surface area contributed by atoms with Crippen LogP contribution in [0.4, 0.5) is 5.69 Å². The third kappa shape index (κ3) is 5.28. The largest absolute Gasteiger partial charge is 0.382 e. The highest BCUT2D eigenvalue weighted by molar-refractivity contribution is 5.91. The van der Waals surface area contributed by atoms with Crippen molar-refractivity contribution < 1.29 is 4.79 Å². The first-order chi connectivity index (χ1) is 16.1. The Morgan fingerprint density at radius 1 is 0.848 bits per heavy atom. The molecule has 4 rings (SSSR count). The van der Waals surface area contributed by atoms with Crippen LogP contribution in [0.25, 0.3) is 0 Å². The zero-order valence-corrected chi connectivity index (χ0v) is 19.8. The number of piperidine rings is 1. The summed E-state index contributed by atoms with van der Waals surface area (Å²) in [5, 5.41) is 3.67. The van der Waals surface area contributed by atoms with Gasteiger partial charge in [-0.2, -0.15) is 0 Å². The fourth-order valence-electron chi connectivity index (χ4n) is 5.03. The normalized spacial score (nSPS) is 15.2. The van der Waals surface area contributed by atoms with E-state index >= 15 is 0 Å². The molecular weight excluding hydrogens is 406 g/mol. The minimum atomic E-state index is -0.689. The lowest BCUT2D eigenvalue weighted by Crippen LogP contribution is -2.48. The van der Waals surface area contributed by atoms with Crippen LogP contribution in [0.3, 0.4) is 0 Å². The van der Waals surface area contributed by atoms with Crippen LogP contribution in [-0.2, 0) is 10.2 Å². The van der Waals surface area contributed by atoms with Gasteiger partial charge in [-0.05, 0) is 49.1 Å². The molecule has 4 nitrogen and oxygen atoms in total. The highest BCUT2D eigenvalue weighted by Crippen LogP contribution is 2.38. The lowest BCUT2D eigenvalue weighted by Gasteiger charge is -2.39. The number of likely N-dealkylation sites (N-methyl/N-ethyl adjacent to an activating group) is 1. The summed E-state index contributed by atoms with van der Waals surface area (Å²) in [4.78, 5) is 18.1. The van der Waals surface area contributed by atoms with Gasteiger partial charge in [-0.15, -0.1) is 0 Å². The first kappa shape index (κ1) is 23.1. The van der Waals surface area contributed by atoms with Crippen molar-refractivity contribution in [2.24, 2.45) is 0 Å². The Morgan fingerprint density at radius 2 is 1.33 bits per heavy atom. The van der Waals surface area contributed by atoms with E-state index in [9.17, 15) is 4.79 Å². The maximum Gasteiger partial charge on any atom is 0.237 e. The van der Waals surface area contributed by atoms with Crippen molar-refractivity contribution >= 4 is 11.6 Å². The molecule has 1 amide bonds. The summed E-state index contributed by atoms with van der Waals surface area (Å²) in [6, 6.07) is 31.6. The van der Waals surface area contributed by atoms with E-state index in [4.69, 9.17) is 0 Å². The summed E-state index contributed by atoms with van der Waals surface area (Å²) >= 11 is 0. The van der Waals surface area contributed by atoms with Gasteiger partial charge >= 0.3 is 0 Å². The summed E-state index contributed by atoms with van der Waals surface area (Å²) < 4.78 is 0. The van der Waals surface area contributed by atoms with Gasteiger partial charge in [0.15, 0.2) is 0 Å². The number of hydrogen-bond acceptors (Lipinski definition) is 3. The van der Waals surface area contributed by atoms with Crippen LogP contribution in [0, 0.1) is 0 Å². The number of nitrogens with zero attached hydrogens (tertiary/aromatic N) is 2. The van der Waals surface area contributed by atoms with Gasteiger partial charge in [0.25, 0.3) is 0 Å². The Kier molecular flexibility index (Phi) is 7.46. The summed E-state index contributed by atoms with van der Waals surface area (Å²) in [6.07, 6.45) is 2.98. The first-order valence-electron chi connectivity index (χ1n) is 12.0. The van der Waals surface area contributed by atoms with Gasteiger partial charge in [0.05, 0.1) is 0 Å². The number of rotatable bonds is 8. The molecular formula is C29H35N3O.